The second kappa shape index (κ2) is 7.58. The van der Waals surface area contributed by atoms with Gasteiger partial charge in [0.05, 0.1) is 5.41 Å². The van der Waals surface area contributed by atoms with E-state index >= 15 is 0 Å². The van der Waals surface area contributed by atoms with Gasteiger partial charge in [-0.15, -0.1) is 0 Å². The van der Waals surface area contributed by atoms with Crippen LogP contribution in [0, 0.1) is 5.41 Å². The van der Waals surface area contributed by atoms with Crippen LogP contribution in [0.2, 0.25) is 0 Å². The molecule has 0 atom stereocenters. The van der Waals surface area contributed by atoms with E-state index in [4.69, 9.17) is 4.74 Å². The summed E-state index contributed by atoms with van der Waals surface area (Å²) in [5.41, 5.74) is 2.88. The van der Waals surface area contributed by atoms with Crippen LogP contribution in [0.25, 0.3) is 11.1 Å². The minimum Gasteiger partial charge on any atom is -0.479 e. The fraction of sp³-hybridized carbons (Fsp3) is 0.444. The summed E-state index contributed by atoms with van der Waals surface area (Å²) in [6, 6.07) is 16.3. The molecule has 2 heterocycles. The highest BCUT2D eigenvalue weighted by molar-refractivity contribution is 5.93. The number of fused-ring (bicyclic) bond motifs is 5. The number of hydrogen-bond donors (Lipinski definition) is 2. The third-order valence-electron chi connectivity index (χ3n) is 8.45. The van der Waals surface area contributed by atoms with E-state index in [0.717, 1.165) is 24.0 Å². The van der Waals surface area contributed by atoms with E-state index in [2.05, 4.69) is 29.6 Å². The van der Waals surface area contributed by atoms with Crippen LogP contribution < -0.4 is 5.32 Å². The number of carbonyl (C=O) groups is 3. The Kier molecular flexibility index (Phi) is 4.73. The predicted molar refractivity (Wildman–Crippen MR) is 124 cm³/mol. The van der Waals surface area contributed by atoms with Gasteiger partial charge in [-0.05, 0) is 60.8 Å². The van der Waals surface area contributed by atoms with Crippen molar-refractivity contribution in [1.29, 1.82) is 0 Å². The Hall–Kier alpha value is -3.35. The molecule has 7 nitrogen and oxygen atoms in total. The molecule has 2 aromatic rings. The van der Waals surface area contributed by atoms with Gasteiger partial charge in [0, 0.05) is 18.5 Å². The smallest absolute Gasteiger partial charge is 0.407 e. The summed E-state index contributed by atoms with van der Waals surface area (Å²) in [4.78, 5) is 39.7. The van der Waals surface area contributed by atoms with E-state index in [-0.39, 0.29) is 31.0 Å². The number of amides is 2. The number of aliphatic carboxylic acids is 1. The van der Waals surface area contributed by atoms with Crippen molar-refractivity contribution in [2.45, 2.75) is 56.0 Å². The summed E-state index contributed by atoms with van der Waals surface area (Å²) in [5.74, 6) is -1.04. The number of carboxylic acids is 1. The van der Waals surface area contributed by atoms with E-state index in [1.165, 1.54) is 11.1 Å². The molecular weight excluding hydrogens is 432 g/mol. The Morgan fingerprint density at radius 3 is 2.09 bits per heavy atom. The molecule has 3 fully saturated rings. The van der Waals surface area contributed by atoms with Crippen molar-refractivity contribution in [2.75, 3.05) is 13.2 Å². The zero-order valence-electron chi connectivity index (χ0n) is 19.0. The summed E-state index contributed by atoms with van der Waals surface area (Å²) < 4.78 is 5.61. The van der Waals surface area contributed by atoms with E-state index in [1.807, 2.05) is 24.3 Å². The number of benzene rings is 2. The standard InChI is InChI=1S/C27H28N2O5/c30-23(29-17-9-11-27(29,12-10-17)24(31)32)26(13-14-26)16-28-25(33)34-15-22-20-7-3-1-5-18(20)19-6-2-4-8-21(19)22/h1-8,17,22H,9-16H2,(H,28,33)(H,31,32). The van der Waals surface area contributed by atoms with Crippen LogP contribution in [0.5, 0.6) is 0 Å². The molecule has 0 radical (unpaired) electrons. The van der Waals surface area contributed by atoms with Gasteiger partial charge in [-0.1, -0.05) is 48.5 Å². The molecule has 2 aromatic carbocycles. The van der Waals surface area contributed by atoms with Crippen LogP contribution in [-0.2, 0) is 14.3 Å². The van der Waals surface area contributed by atoms with Gasteiger partial charge in [0.2, 0.25) is 5.91 Å². The fourth-order valence-corrected chi connectivity index (χ4v) is 6.37. The predicted octanol–water partition coefficient (Wildman–Crippen LogP) is 3.91. The molecule has 0 unspecified atom stereocenters. The maximum Gasteiger partial charge on any atom is 0.407 e. The van der Waals surface area contributed by atoms with Crippen LogP contribution in [-0.4, -0.2) is 52.7 Å². The summed E-state index contributed by atoms with van der Waals surface area (Å²) in [5, 5.41) is 12.6. The third-order valence-corrected chi connectivity index (χ3v) is 8.45. The number of nitrogens with zero attached hydrogens (tertiary/aromatic N) is 1. The number of carbonyl (C=O) groups excluding carboxylic acids is 2. The number of alkyl carbamates (subject to hydrolysis) is 1. The lowest BCUT2D eigenvalue weighted by atomic mass is 9.87. The summed E-state index contributed by atoms with van der Waals surface area (Å²) in [6.07, 6.45) is 3.31. The Bertz CT molecular complexity index is 1130. The zero-order chi connectivity index (χ0) is 23.5. The Labute approximate surface area is 198 Å². The van der Waals surface area contributed by atoms with Crippen LogP contribution in [0.4, 0.5) is 4.79 Å². The quantitative estimate of drug-likeness (QED) is 0.681. The Balaban J connectivity index is 1.10. The summed E-state index contributed by atoms with van der Waals surface area (Å²) in [7, 11) is 0. The van der Waals surface area contributed by atoms with Crippen molar-refractivity contribution in [2.24, 2.45) is 5.41 Å². The van der Waals surface area contributed by atoms with Crippen LogP contribution >= 0.6 is 0 Å². The van der Waals surface area contributed by atoms with E-state index < -0.39 is 23.0 Å². The molecule has 7 heteroatoms. The van der Waals surface area contributed by atoms with Crippen molar-refractivity contribution in [1.82, 2.24) is 10.2 Å². The number of rotatable bonds is 6. The van der Waals surface area contributed by atoms with Crippen molar-refractivity contribution in [3.05, 3.63) is 59.7 Å². The van der Waals surface area contributed by atoms with Crippen LogP contribution in [0.1, 0.15) is 55.6 Å². The minimum absolute atomic E-state index is 0.00975. The summed E-state index contributed by atoms with van der Waals surface area (Å²) >= 11 is 0. The average molecular weight is 461 g/mol. The number of nitrogens with one attached hydrogen (secondary N) is 1. The lowest BCUT2D eigenvalue weighted by Crippen LogP contribution is -2.54. The number of hydrogen-bond acceptors (Lipinski definition) is 4. The SMILES string of the molecule is O=C(NCC1(C(=O)N2C3CCC2(C(=O)O)CC3)CC1)OCC1c2ccccc2-c2ccccc21. The van der Waals surface area contributed by atoms with Crippen molar-refractivity contribution >= 4 is 18.0 Å². The molecule has 2 amide bonds. The van der Waals surface area contributed by atoms with Crippen molar-refractivity contribution in [3.8, 4) is 11.1 Å². The zero-order valence-corrected chi connectivity index (χ0v) is 19.0. The molecule has 2 N–H and O–H groups in total. The van der Waals surface area contributed by atoms with E-state index in [9.17, 15) is 19.5 Å². The van der Waals surface area contributed by atoms with Gasteiger partial charge in [0.15, 0.2) is 0 Å². The molecule has 6 rings (SSSR count). The third kappa shape index (κ3) is 3.06. The van der Waals surface area contributed by atoms with Gasteiger partial charge < -0.3 is 20.1 Å². The molecule has 2 saturated heterocycles. The highest BCUT2D eigenvalue weighted by Gasteiger charge is 2.64. The van der Waals surface area contributed by atoms with Crippen molar-refractivity contribution in [3.63, 3.8) is 0 Å². The molecule has 4 aliphatic rings. The first-order valence-electron chi connectivity index (χ1n) is 12.1. The monoisotopic (exact) mass is 460 g/mol. The van der Waals surface area contributed by atoms with E-state index in [0.29, 0.717) is 25.7 Å². The van der Waals surface area contributed by atoms with Crippen molar-refractivity contribution < 1.29 is 24.2 Å². The topological polar surface area (TPSA) is 95.9 Å². The Morgan fingerprint density at radius 2 is 1.53 bits per heavy atom. The molecule has 1 saturated carbocycles. The second-order valence-corrected chi connectivity index (χ2v) is 10.2. The van der Waals surface area contributed by atoms with Crippen LogP contribution in [0.3, 0.4) is 0 Å². The molecule has 0 spiro atoms. The van der Waals surface area contributed by atoms with Gasteiger partial charge >= 0.3 is 12.1 Å². The molecule has 2 aliphatic carbocycles. The molecule has 0 aromatic heterocycles. The molecular formula is C27H28N2O5. The van der Waals surface area contributed by atoms with Gasteiger partial charge in [0.1, 0.15) is 12.1 Å². The molecule has 176 valence electrons. The number of carboxylic acid groups (broad SMARTS) is 1. The molecule has 2 bridgehead atoms. The average Bonchev–Trinajstić information content (AvgIpc) is 3.29. The summed E-state index contributed by atoms with van der Waals surface area (Å²) in [6.45, 7) is 0.401. The fourth-order valence-electron chi connectivity index (χ4n) is 6.37. The van der Waals surface area contributed by atoms with E-state index in [1.54, 1.807) is 4.90 Å². The first-order chi connectivity index (χ1) is 16.5. The maximum absolute atomic E-state index is 13.4. The minimum atomic E-state index is -1.05. The lowest BCUT2D eigenvalue weighted by molar-refractivity contribution is -0.157. The van der Waals surface area contributed by atoms with Gasteiger partial charge in [-0.2, -0.15) is 0 Å². The highest BCUT2D eigenvalue weighted by Crippen LogP contribution is 2.54. The second-order valence-electron chi connectivity index (χ2n) is 10.2. The van der Waals surface area contributed by atoms with Gasteiger partial charge in [-0.25, -0.2) is 9.59 Å². The highest BCUT2D eigenvalue weighted by atomic mass is 16.5. The normalized spacial score (nSPS) is 25.5. The van der Waals surface area contributed by atoms with Gasteiger partial charge in [-0.3, -0.25) is 4.79 Å². The first kappa shape index (κ1) is 21.2. The molecule has 34 heavy (non-hydrogen) atoms. The largest absolute Gasteiger partial charge is 0.479 e. The molecule has 2 aliphatic heterocycles. The lowest BCUT2D eigenvalue weighted by Gasteiger charge is -2.34. The first-order valence-corrected chi connectivity index (χ1v) is 12.1. The maximum atomic E-state index is 13.4. The number of ether oxygens (including phenoxy) is 1. The van der Waals surface area contributed by atoms with Gasteiger partial charge in [0.25, 0.3) is 0 Å². The van der Waals surface area contributed by atoms with Crippen LogP contribution in [0.15, 0.2) is 48.5 Å². The Morgan fingerprint density at radius 1 is 0.941 bits per heavy atom.